The molecule has 1 aliphatic carbocycles. The van der Waals surface area contributed by atoms with E-state index in [1.807, 2.05) is 6.92 Å². The molecule has 0 aromatic heterocycles. The predicted octanol–water partition coefficient (Wildman–Crippen LogP) is 2.06. The number of hydrogen-bond acceptors (Lipinski definition) is 4. The highest BCUT2D eigenvalue weighted by Gasteiger charge is 2.54. The highest BCUT2D eigenvalue weighted by Crippen LogP contribution is 2.47. The Labute approximate surface area is 102 Å². The minimum atomic E-state index is -0.644. The molecule has 0 N–H and O–H groups in total. The van der Waals surface area contributed by atoms with Gasteiger partial charge in [0.25, 0.3) is 0 Å². The van der Waals surface area contributed by atoms with E-state index < -0.39 is 5.60 Å². The molecule has 3 atom stereocenters. The Kier molecular flexibility index (Phi) is 3.40. The number of carbonyl (C=O) groups excluding carboxylic acids is 2. The van der Waals surface area contributed by atoms with E-state index >= 15 is 0 Å². The molecule has 1 aliphatic heterocycles. The van der Waals surface area contributed by atoms with E-state index in [-0.39, 0.29) is 30.2 Å². The summed E-state index contributed by atoms with van der Waals surface area (Å²) in [7, 11) is 0. The summed E-state index contributed by atoms with van der Waals surface area (Å²) < 4.78 is 10.4. The van der Waals surface area contributed by atoms with Crippen LogP contribution in [0.25, 0.3) is 0 Å². The van der Waals surface area contributed by atoms with Gasteiger partial charge in [0.15, 0.2) is 0 Å². The Morgan fingerprint density at radius 3 is 2.88 bits per heavy atom. The fourth-order valence-corrected chi connectivity index (χ4v) is 3.19. The Morgan fingerprint density at radius 1 is 1.47 bits per heavy atom. The quantitative estimate of drug-likeness (QED) is 0.708. The maximum absolute atomic E-state index is 11.8. The van der Waals surface area contributed by atoms with Crippen molar-refractivity contribution in [1.29, 1.82) is 0 Å². The minimum absolute atomic E-state index is 0.00294. The summed E-state index contributed by atoms with van der Waals surface area (Å²) in [6.07, 6.45) is 4.28. The largest absolute Gasteiger partial charge is 0.466 e. The second-order valence-corrected chi connectivity index (χ2v) is 5.21. The van der Waals surface area contributed by atoms with Crippen LogP contribution in [0.1, 0.15) is 46.0 Å². The molecule has 0 amide bonds. The molecular formula is C13H20O4. The van der Waals surface area contributed by atoms with Gasteiger partial charge in [-0.1, -0.05) is 12.8 Å². The SMILES string of the molecule is CCOC(=O)C[C@]1(C)OC(=O)[C@H]2CCCC[C@@H]21. The van der Waals surface area contributed by atoms with Crippen LogP contribution in [0.3, 0.4) is 0 Å². The molecule has 2 aliphatic rings. The van der Waals surface area contributed by atoms with E-state index in [1.165, 1.54) is 0 Å². The summed E-state index contributed by atoms with van der Waals surface area (Å²) in [6, 6.07) is 0. The second kappa shape index (κ2) is 4.67. The molecular weight excluding hydrogens is 220 g/mol. The van der Waals surface area contributed by atoms with Crippen molar-refractivity contribution in [2.24, 2.45) is 11.8 Å². The molecule has 17 heavy (non-hydrogen) atoms. The van der Waals surface area contributed by atoms with Crippen molar-refractivity contribution in [3.05, 3.63) is 0 Å². The average molecular weight is 240 g/mol. The van der Waals surface area contributed by atoms with Crippen molar-refractivity contribution < 1.29 is 19.1 Å². The standard InChI is InChI=1S/C13H20O4/c1-3-16-11(14)8-13(2)10-7-5-4-6-9(10)12(15)17-13/h9-10H,3-8H2,1-2H3/t9-,10-,13-/m0/s1. The van der Waals surface area contributed by atoms with Gasteiger partial charge in [-0.15, -0.1) is 0 Å². The van der Waals surface area contributed by atoms with Crippen LogP contribution >= 0.6 is 0 Å². The molecule has 4 heteroatoms. The average Bonchev–Trinajstić information content (AvgIpc) is 2.52. The topological polar surface area (TPSA) is 52.6 Å². The van der Waals surface area contributed by atoms with Gasteiger partial charge >= 0.3 is 11.9 Å². The summed E-state index contributed by atoms with van der Waals surface area (Å²) >= 11 is 0. The van der Waals surface area contributed by atoms with E-state index in [4.69, 9.17) is 9.47 Å². The van der Waals surface area contributed by atoms with E-state index in [0.717, 1.165) is 25.7 Å². The lowest BCUT2D eigenvalue weighted by atomic mass is 9.72. The Balaban J connectivity index is 2.08. The number of hydrogen-bond donors (Lipinski definition) is 0. The zero-order valence-electron chi connectivity index (χ0n) is 10.5. The van der Waals surface area contributed by atoms with E-state index in [2.05, 4.69) is 0 Å². The second-order valence-electron chi connectivity index (χ2n) is 5.21. The highest BCUT2D eigenvalue weighted by molar-refractivity contribution is 5.78. The molecule has 4 nitrogen and oxygen atoms in total. The number of esters is 2. The van der Waals surface area contributed by atoms with Gasteiger partial charge in [0.1, 0.15) is 5.60 Å². The van der Waals surface area contributed by atoms with Crippen molar-refractivity contribution >= 4 is 11.9 Å². The lowest BCUT2D eigenvalue weighted by molar-refractivity contribution is -0.157. The first kappa shape index (κ1) is 12.4. The zero-order chi connectivity index (χ0) is 12.5. The van der Waals surface area contributed by atoms with Gasteiger partial charge in [0.2, 0.25) is 0 Å². The number of rotatable bonds is 3. The van der Waals surface area contributed by atoms with Crippen molar-refractivity contribution in [1.82, 2.24) is 0 Å². The maximum Gasteiger partial charge on any atom is 0.309 e. The molecule has 1 saturated heterocycles. The fourth-order valence-electron chi connectivity index (χ4n) is 3.19. The van der Waals surface area contributed by atoms with Crippen LogP contribution in [-0.4, -0.2) is 24.1 Å². The van der Waals surface area contributed by atoms with E-state index in [0.29, 0.717) is 6.61 Å². The first-order valence-corrected chi connectivity index (χ1v) is 6.45. The van der Waals surface area contributed by atoms with Gasteiger partial charge in [0, 0.05) is 5.92 Å². The molecule has 96 valence electrons. The third kappa shape index (κ3) is 2.31. The lowest BCUT2D eigenvalue weighted by Crippen LogP contribution is -2.37. The normalized spacial score (nSPS) is 36.2. The molecule has 0 spiro atoms. The van der Waals surface area contributed by atoms with Gasteiger partial charge in [-0.3, -0.25) is 9.59 Å². The molecule has 1 heterocycles. The van der Waals surface area contributed by atoms with Gasteiger partial charge < -0.3 is 9.47 Å². The molecule has 0 aromatic carbocycles. The summed E-state index contributed by atoms with van der Waals surface area (Å²) in [6.45, 7) is 4.03. The Morgan fingerprint density at radius 2 is 2.18 bits per heavy atom. The summed E-state index contributed by atoms with van der Waals surface area (Å²) in [5, 5.41) is 0. The summed E-state index contributed by atoms with van der Waals surface area (Å²) in [5.41, 5.74) is -0.644. The third-order valence-electron chi connectivity index (χ3n) is 3.99. The van der Waals surface area contributed by atoms with E-state index in [9.17, 15) is 9.59 Å². The molecule has 0 unspecified atom stereocenters. The number of fused-ring (bicyclic) bond motifs is 1. The Hall–Kier alpha value is -1.06. The van der Waals surface area contributed by atoms with Gasteiger partial charge in [-0.2, -0.15) is 0 Å². The van der Waals surface area contributed by atoms with Gasteiger partial charge in [-0.05, 0) is 26.7 Å². The predicted molar refractivity (Wildman–Crippen MR) is 61.2 cm³/mol. The van der Waals surface area contributed by atoms with Crippen LogP contribution in [0.5, 0.6) is 0 Å². The molecule has 2 fully saturated rings. The minimum Gasteiger partial charge on any atom is -0.466 e. The first-order chi connectivity index (χ1) is 8.07. The molecule has 1 saturated carbocycles. The van der Waals surface area contributed by atoms with Crippen LogP contribution in [0.2, 0.25) is 0 Å². The van der Waals surface area contributed by atoms with Crippen LogP contribution < -0.4 is 0 Å². The van der Waals surface area contributed by atoms with Crippen molar-refractivity contribution in [3.8, 4) is 0 Å². The van der Waals surface area contributed by atoms with Crippen molar-refractivity contribution in [2.75, 3.05) is 6.61 Å². The molecule has 2 rings (SSSR count). The van der Waals surface area contributed by atoms with Crippen LogP contribution in [0.15, 0.2) is 0 Å². The van der Waals surface area contributed by atoms with Crippen LogP contribution in [0.4, 0.5) is 0 Å². The van der Waals surface area contributed by atoms with Crippen LogP contribution in [-0.2, 0) is 19.1 Å². The summed E-state index contributed by atoms with van der Waals surface area (Å²) in [5.74, 6) is -0.202. The number of cyclic esters (lactones) is 1. The number of carbonyl (C=O) groups is 2. The van der Waals surface area contributed by atoms with Gasteiger partial charge in [-0.25, -0.2) is 0 Å². The summed E-state index contributed by atoms with van der Waals surface area (Å²) in [4.78, 5) is 23.4. The third-order valence-corrected chi connectivity index (χ3v) is 3.99. The fraction of sp³-hybridized carbons (Fsp3) is 0.846. The van der Waals surface area contributed by atoms with Crippen LogP contribution in [0, 0.1) is 11.8 Å². The molecule has 0 radical (unpaired) electrons. The smallest absolute Gasteiger partial charge is 0.309 e. The van der Waals surface area contributed by atoms with Gasteiger partial charge in [0.05, 0.1) is 18.9 Å². The monoisotopic (exact) mass is 240 g/mol. The zero-order valence-corrected chi connectivity index (χ0v) is 10.5. The molecule has 0 bridgehead atoms. The number of ether oxygens (including phenoxy) is 2. The van der Waals surface area contributed by atoms with Crippen molar-refractivity contribution in [3.63, 3.8) is 0 Å². The highest BCUT2D eigenvalue weighted by atomic mass is 16.6. The maximum atomic E-state index is 11.8. The lowest BCUT2D eigenvalue weighted by Gasteiger charge is -2.32. The molecule has 0 aromatic rings. The van der Waals surface area contributed by atoms with E-state index in [1.54, 1.807) is 6.92 Å². The first-order valence-electron chi connectivity index (χ1n) is 6.45. The Bertz CT molecular complexity index is 325. The van der Waals surface area contributed by atoms with Crippen molar-refractivity contribution in [2.45, 2.75) is 51.6 Å².